The maximum absolute atomic E-state index is 13.0. The van der Waals surface area contributed by atoms with Crippen LogP contribution in [0.1, 0.15) is 0 Å². The number of hydrogen-bond donors (Lipinski definition) is 0. The van der Waals surface area contributed by atoms with Crippen molar-refractivity contribution in [2.45, 2.75) is 4.90 Å². The molecule has 150 valence electrons. The quantitative estimate of drug-likeness (QED) is 0.571. The molecule has 1 fully saturated rings. The molecular formula is C19H19FN6O2S. The average Bonchev–Trinajstić information content (AvgIpc) is 3.29. The number of aromatic nitrogens is 4. The summed E-state index contributed by atoms with van der Waals surface area (Å²) >= 11 is 1.58. The van der Waals surface area contributed by atoms with Gasteiger partial charge in [-0.25, -0.2) is 13.4 Å². The summed E-state index contributed by atoms with van der Waals surface area (Å²) in [6.07, 6.45) is 1.51. The minimum atomic E-state index is -0.241. The van der Waals surface area contributed by atoms with Crippen LogP contribution in [0.2, 0.25) is 0 Å². The SMILES string of the molecule is O=C(COc1ccc(-n2cnnn2)cc1)N1CCN(Sc2ccc(F)cc2)CC1. The van der Waals surface area contributed by atoms with Gasteiger partial charge in [-0.05, 0) is 70.9 Å². The molecule has 0 atom stereocenters. The van der Waals surface area contributed by atoms with Gasteiger partial charge in [0.25, 0.3) is 5.91 Å². The number of piperazine rings is 1. The fourth-order valence-electron chi connectivity index (χ4n) is 2.88. The van der Waals surface area contributed by atoms with Gasteiger partial charge in [0.15, 0.2) is 6.61 Å². The van der Waals surface area contributed by atoms with E-state index in [9.17, 15) is 9.18 Å². The summed E-state index contributed by atoms with van der Waals surface area (Å²) in [4.78, 5) is 15.2. The third kappa shape index (κ3) is 5.09. The minimum absolute atomic E-state index is 0.00463. The first-order valence-electron chi connectivity index (χ1n) is 9.10. The van der Waals surface area contributed by atoms with Crippen LogP contribution in [0.25, 0.3) is 5.69 Å². The number of hydrogen-bond acceptors (Lipinski definition) is 7. The van der Waals surface area contributed by atoms with E-state index >= 15 is 0 Å². The number of rotatable bonds is 6. The first kappa shape index (κ1) is 19.3. The van der Waals surface area contributed by atoms with E-state index in [1.807, 2.05) is 12.1 Å². The second kappa shape index (κ2) is 9.01. The van der Waals surface area contributed by atoms with E-state index < -0.39 is 0 Å². The van der Waals surface area contributed by atoms with Crippen LogP contribution < -0.4 is 4.74 Å². The summed E-state index contributed by atoms with van der Waals surface area (Å²) in [7, 11) is 0. The zero-order valence-corrected chi connectivity index (χ0v) is 16.3. The first-order valence-corrected chi connectivity index (χ1v) is 9.87. The number of amides is 1. The van der Waals surface area contributed by atoms with E-state index in [0.29, 0.717) is 18.8 Å². The highest BCUT2D eigenvalue weighted by Crippen LogP contribution is 2.24. The van der Waals surface area contributed by atoms with Crippen LogP contribution in [-0.4, -0.2) is 68.1 Å². The monoisotopic (exact) mass is 414 g/mol. The topological polar surface area (TPSA) is 76.4 Å². The second-order valence-corrected chi connectivity index (χ2v) is 7.56. The Bertz CT molecular complexity index is 928. The Morgan fingerprint density at radius 1 is 1.03 bits per heavy atom. The molecule has 4 rings (SSSR count). The molecule has 8 nitrogen and oxygen atoms in total. The van der Waals surface area contributed by atoms with Crippen molar-refractivity contribution in [3.05, 3.63) is 60.7 Å². The maximum Gasteiger partial charge on any atom is 0.260 e. The van der Waals surface area contributed by atoms with Crippen LogP contribution in [0.4, 0.5) is 4.39 Å². The third-order valence-corrected chi connectivity index (χ3v) is 5.56. The van der Waals surface area contributed by atoms with Crippen LogP contribution in [0.3, 0.4) is 0 Å². The van der Waals surface area contributed by atoms with Crippen molar-refractivity contribution in [2.24, 2.45) is 0 Å². The van der Waals surface area contributed by atoms with Crippen molar-refractivity contribution in [3.63, 3.8) is 0 Å². The van der Waals surface area contributed by atoms with Gasteiger partial charge >= 0.3 is 0 Å². The van der Waals surface area contributed by atoms with E-state index in [4.69, 9.17) is 4.74 Å². The van der Waals surface area contributed by atoms with Gasteiger partial charge in [0.05, 0.1) is 5.69 Å². The summed E-state index contributed by atoms with van der Waals surface area (Å²) < 4.78 is 22.3. The standard InChI is InChI=1S/C19H19FN6O2S/c20-15-1-7-18(8-2-15)29-25-11-9-24(10-12-25)19(27)13-28-17-5-3-16(4-6-17)26-14-21-22-23-26/h1-8,14H,9-13H2. The summed E-state index contributed by atoms with van der Waals surface area (Å²) in [5, 5.41) is 11.0. The third-order valence-electron chi connectivity index (χ3n) is 4.45. The zero-order chi connectivity index (χ0) is 20.1. The van der Waals surface area contributed by atoms with Gasteiger partial charge < -0.3 is 9.64 Å². The van der Waals surface area contributed by atoms with Gasteiger partial charge in [-0.3, -0.25) is 4.79 Å². The molecule has 0 N–H and O–H groups in total. The predicted molar refractivity (Wildman–Crippen MR) is 105 cm³/mol. The van der Waals surface area contributed by atoms with Crippen LogP contribution in [0.5, 0.6) is 5.75 Å². The molecule has 29 heavy (non-hydrogen) atoms. The number of benzene rings is 2. The number of ether oxygens (including phenoxy) is 1. The van der Waals surface area contributed by atoms with Crippen LogP contribution >= 0.6 is 11.9 Å². The van der Waals surface area contributed by atoms with Gasteiger partial charge in [0.1, 0.15) is 17.9 Å². The molecule has 0 spiro atoms. The fraction of sp³-hybridized carbons (Fsp3) is 0.263. The Labute approximate surface area is 171 Å². The van der Waals surface area contributed by atoms with Gasteiger partial charge in [-0.1, -0.05) is 0 Å². The highest BCUT2D eigenvalue weighted by Gasteiger charge is 2.22. The van der Waals surface area contributed by atoms with Gasteiger partial charge in [0, 0.05) is 31.1 Å². The number of tetrazole rings is 1. The number of halogens is 1. The largest absolute Gasteiger partial charge is 0.484 e. The van der Waals surface area contributed by atoms with Crippen molar-refractivity contribution in [3.8, 4) is 11.4 Å². The van der Waals surface area contributed by atoms with Crippen molar-refractivity contribution in [1.82, 2.24) is 29.4 Å². The molecule has 1 aliphatic rings. The molecule has 0 bridgehead atoms. The summed E-state index contributed by atoms with van der Waals surface area (Å²) in [5.74, 6) is 0.330. The number of carbonyl (C=O) groups is 1. The highest BCUT2D eigenvalue weighted by molar-refractivity contribution is 7.97. The summed E-state index contributed by atoms with van der Waals surface area (Å²) in [5.41, 5.74) is 0.809. The van der Waals surface area contributed by atoms with Crippen molar-refractivity contribution in [1.29, 1.82) is 0 Å². The van der Waals surface area contributed by atoms with Gasteiger partial charge in [-0.2, -0.15) is 0 Å². The molecule has 0 radical (unpaired) electrons. The molecule has 3 aromatic rings. The molecule has 1 saturated heterocycles. The molecule has 1 aliphatic heterocycles. The van der Waals surface area contributed by atoms with E-state index in [-0.39, 0.29) is 18.3 Å². The van der Waals surface area contributed by atoms with E-state index in [0.717, 1.165) is 23.7 Å². The Kier molecular flexibility index (Phi) is 6.01. The maximum atomic E-state index is 13.0. The minimum Gasteiger partial charge on any atom is -0.484 e. The summed E-state index contributed by atoms with van der Waals surface area (Å²) in [6.45, 7) is 2.75. The van der Waals surface area contributed by atoms with Crippen LogP contribution in [0.15, 0.2) is 59.8 Å². The van der Waals surface area contributed by atoms with E-state index in [1.165, 1.54) is 18.5 Å². The molecule has 0 unspecified atom stereocenters. The van der Waals surface area contributed by atoms with E-state index in [1.54, 1.807) is 45.8 Å². The lowest BCUT2D eigenvalue weighted by Gasteiger charge is -2.33. The van der Waals surface area contributed by atoms with Crippen LogP contribution in [-0.2, 0) is 4.79 Å². The number of carbonyl (C=O) groups excluding carboxylic acids is 1. The van der Waals surface area contributed by atoms with E-state index in [2.05, 4.69) is 19.8 Å². The smallest absolute Gasteiger partial charge is 0.260 e. The second-order valence-electron chi connectivity index (χ2n) is 6.39. The van der Waals surface area contributed by atoms with Crippen LogP contribution in [0, 0.1) is 5.82 Å². The highest BCUT2D eigenvalue weighted by atomic mass is 32.2. The Morgan fingerprint density at radius 3 is 2.41 bits per heavy atom. The van der Waals surface area contributed by atoms with Gasteiger partial charge in [0.2, 0.25) is 0 Å². The molecule has 2 heterocycles. The average molecular weight is 414 g/mol. The first-order chi connectivity index (χ1) is 14.2. The fourth-order valence-corrected chi connectivity index (χ4v) is 3.79. The molecule has 1 amide bonds. The van der Waals surface area contributed by atoms with Crippen molar-refractivity contribution in [2.75, 3.05) is 32.8 Å². The molecule has 0 aliphatic carbocycles. The molecule has 2 aromatic carbocycles. The lowest BCUT2D eigenvalue weighted by Crippen LogP contribution is -2.47. The lowest BCUT2D eigenvalue weighted by atomic mass is 10.3. The molecular weight excluding hydrogens is 395 g/mol. The predicted octanol–water partition coefficient (Wildman–Crippen LogP) is 2.03. The number of nitrogens with zero attached hydrogens (tertiary/aromatic N) is 6. The summed E-state index contributed by atoms with van der Waals surface area (Å²) in [6, 6.07) is 13.6. The zero-order valence-electron chi connectivity index (χ0n) is 15.5. The molecule has 1 aromatic heterocycles. The Hall–Kier alpha value is -2.98. The van der Waals surface area contributed by atoms with Crippen molar-refractivity contribution >= 4 is 17.9 Å². The Morgan fingerprint density at radius 2 is 1.76 bits per heavy atom. The lowest BCUT2D eigenvalue weighted by molar-refractivity contribution is -0.134. The molecule has 0 saturated carbocycles. The normalized spacial score (nSPS) is 14.7. The molecule has 10 heteroatoms. The Balaban J connectivity index is 1.22. The van der Waals surface area contributed by atoms with Crippen molar-refractivity contribution < 1.29 is 13.9 Å². The van der Waals surface area contributed by atoms with Gasteiger partial charge in [-0.15, -0.1) is 5.10 Å².